The van der Waals surface area contributed by atoms with Gasteiger partial charge in [0.15, 0.2) is 0 Å². The SMILES string of the molecule is COc1ccc(CCNCC2CCSCC2)cc1. The molecule has 0 radical (unpaired) electrons. The number of ether oxygens (including phenoxy) is 1. The van der Waals surface area contributed by atoms with E-state index < -0.39 is 0 Å². The number of nitrogens with one attached hydrogen (secondary N) is 1. The van der Waals surface area contributed by atoms with Gasteiger partial charge in [0, 0.05) is 0 Å². The van der Waals surface area contributed by atoms with Crippen LogP contribution in [0.25, 0.3) is 0 Å². The second-order valence-electron chi connectivity index (χ2n) is 4.86. The number of benzene rings is 1. The minimum absolute atomic E-state index is 0.905. The molecule has 0 bridgehead atoms. The maximum atomic E-state index is 5.16. The van der Waals surface area contributed by atoms with Gasteiger partial charge in [-0.3, -0.25) is 0 Å². The Morgan fingerprint density at radius 3 is 2.61 bits per heavy atom. The predicted octanol–water partition coefficient (Wildman–Crippen LogP) is 2.97. The molecule has 1 aliphatic rings. The fraction of sp³-hybridized carbons (Fsp3) is 0.600. The van der Waals surface area contributed by atoms with Crippen LogP contribution >= 0.6 is 11.8 Å². The lowest BCUT2D eigenvalue weighted by Gasteiger charge is -2.21. The molecule has 2 rings (SSSR count). The average Bonchev–Trinajstić information content (AvgIpc) is 2.45. The van der Waals surface area contributed by atoms with Crippen molar-refractivity contribution in [1.82, 2.24) is 5.32 Å². The Morgan fingerprint density at radius 2 is 1.94 bits per heavy atom. The summed E-state index contributed by atoms with van der Waals surface area (Å²) in [6, 6.07) is 8.37. The van der Waals surface area contributed by atoms with Crippen LogP contribution in [0.3, 0.4) is 0 Å². The molecule has 1 saturated heterocycles. The lowest BCUT2D eigenvalue weighted by molar-refractivity contribution is 0.414. The standard InChI is InChI=1S/C15H23NOS/c1-17-15-4-2-13(3-5-15)6-9-16-12-14-7-10-18-11-8-14/h2-5,14,16H,6-12H2,1H3. The van der Waals surface area contributed by atoms with E-state index in [2.05, 4.69) is 29.2 Å². The third kappa shape index (κ3) is 4.54. The molecule has 0 aromatic heterocycles. The molecule has 0 unspecified atom stereocenters. The molecular formula is C15H23NOS. The van der Waals surface area contributed by atoms with E-state index in [9.17, 15) is 0 Å². The Labute approximate surface area is 114 Å². The highest BCUT2D eigenvalue weighted by atomic mass is 32.2. The van der Waals surface area contributed by atoms with Gasteiger partial charge < -0.3 is 10.1 Å². The second kappa shape index (κ2) is 7.70. The van der Waals surface area contributed by atoms with E-state index in [4.69, 9.17) is 4.74 Å². The predicted molar refractivity (Wildman–Crippen MR) is 79.6 cm³/mol. The molecule has 1 aromatic carbocycles. The molecule has 1 fully saturated rings. The third-order valence-corrected chi connectivity index (χ3v) is 4.57. The summed E-state index contributed by atoms with van der Waals surface area (Å²) in [4.78, 5) is 0. The van der Waals surface area contributed by atoms with Crippen LogP contribution in [-0.2, 0) is 6.42 Å². The van der Waals surface area contributed by atoms with Crippen LogP contribution in [0.15, 0.2) is 24.3 Å². The zero-order valence-electron chi connectivity index (χ0n) is 11.2. The highest BCUT2D eigenvalue weighted by molar-refractivity contribution is 7.99. The van der Waals surface area contributed by atoms with Gasteiger partial charge in [-0.2, -0.15) is 11.8 Å². The largest absolute Gasteiger partial charge is 0.497 e. The van der Waals surface area contributed by atoms with E-state index in [1.54, 1.807) is 7.11 Å². The maximum absolute atomic E-state index is 5.16. The summed E-state index contributed by atoms with van der Waals surface area (Å²) in [6.07, 6.45) is 3.88. The van der Waals surface area contributed by atoms with Crippen LogP contribution < -0.4 is 10.1 Å². The fourth-order valence-electron chi connectivity index (χ4n) is 2.28. The number of rotatable bonds is 6. The molecule has 0 atom stereocenters. The molecule has 0 amide bonds. The van der Waals surface area contributed by atoms with Gasteiger partial charge in [0.25, 0.3) is 0 Å². The fourth-order valence-corrected chi connectivity index (χ4v) is 3.49. The van der Waals surface area contributed by atoms with Crippen molar-refractivity contribution < 1.29 is 4.74 Å². The smallest absolute Gasteiger partial charge is 0.118 e. The van der Waals surface area contributed by atoms with Crippen LogP contribution in [0.5, 0.6) is 5.75 Å². The molecule has 0 spiro atoms. The van der Waals surface area contributed by atoms with Gasteiger partial charge >= 0.3 is 0 Å². The van der Waals surface area contributed by atoms with E-state index in [-0.39, 0.29) is 0 Å². The van der Waals surface area contributed by atoms with Crippen LogP contribution in [0.1, 0.15) is 18.4 Å². The van der Waals surface area contributed by atoms with Crippen LogP contribution in [0, 0.1) is 5.92 Å². The Kier molecular flexibility index (Phi) is 5.88. The van der Waals surface area contributed by atoms with Crippen molar-refractivity contribution in [3.8, 4) is 5.75 Å². The number of hydrogen-bond acceptors (Lipinski definition) is 3. The van der Waals surface area contributed by atoms with Crippen LogP contribution in [-0.4, -0.2) is 31.7 Å². The summed E-state index contributed by atoms with van der Waals surface area (Å²) in [6.45, 7) is 2.27. The highest BCUT2D eigenvalue weighted by Crippen LogP contribution is 2.21. The first-order chi connectivity index (χ1) is 8.88. The summed E-state index contributed by atoms with van der Waals surface area (Å²) in [7, 11) is 1.71. The Morgan fingerprint density at radius 1 is 1.22 bits per heavy atom. The Bertz CT molecular complexity index is 333. The number of thioether (sulfide) groups is 1. The summed E-state index contributed by atoms with van der Waals surface area (Å²) in [5.41, 5.74) is 1.38. The van der Waals surface area contributed by atoms with Crippen molar-refractivity contribution in [2.24, 2.45) is 5.92 Å². The van der Waals surface area contributed by atoms with Gasteiger partial charge in [0.05, 0.1) is 7.11 Å². The van der Waals surface area contributed by atoms with Crippen LogP contribution in [0.4, 0.5) is 0 Å². The second-order valence-corrected chi connectivity index (χ2v) is 6.08. The van der Waals surface area contributed by atoms with E-state index >= 15 is 0 Å². The summed E-state index contributed by atoms with van der Waals surface area (Å²) >= 11 is 2.10. The van der Waals surface area contributed by atoms with Gasteiger partial charge in [-0.15, -0.1) is 0 Å². The van der Waals surface area contributed by atoms with Crippen molar-refractivity contribution >= 4 is 11.8 Å². The molecule has 1 aromatic rings. The third-order valence-electron chi connectivity index (χ3n) is 3.52. The molecule has 3 heteroatoms. The normalized spacial score (nSPS) is 16.7. The Balaban J connectivity index is 1.62. The van der Waals surface area contributed by atoms with Crippen molar-refractivity contribution in [3.05, 3.63) is 29.8 Å². The zero-order chi connectivity index (χ0) is 12.6. The van der Waals surface area contributed by atoms with E-state index in [1.807, 2.05) is 12.1 Å². The molecule has 0 aliphatic carbocycles. The quantitative estimate of drug-likeness (QED) is 0.799. The first kappa shape index (κ1) is 13.8. The average molecular weight is 265 g/mol. The summed E-state index contributed by atoms with van der Waals surface area (Å²) in [5, 5.41) is 3.59. The minimum Gasteiger partial charge on any atom is -0.497 e. The van der Waals surface area contributed by atoms with Gasteiger partial charge in [-0.05, 0) is 67.5 Å². The molecule has 2 nitrogen and oxygen atoms in total. The summed E-state index contributed by atoms with van der Waals surface area (Å²) in [5.74, 6) is 4.55. The zero-order valence-corrected chi connectivity index (χ0v) is 12.0. The topological polar surface area (TPSA) is 21.3 Å². The van der Waals surface area contributed by atoms with Crippen molar-refractivity contribution in [2.75, 3.05) is 31.7 Å². The molecule has 1 aliphatic heterocycles. The van der Waals surface area contributed by atoms with E-state index in [1.165, 1.54) is 36.5 Å². The molecule has 18 heavy (non-hydrogen) atoms. The number of hydrogen-bond donors (Lipinski definition) is 1. The molecule has 1 N–H and O–H groups in total. The monoisotopic (exact) mass is 265 g/mol. The maximum Gasteiger partial charge on any atom is 0.118 e. The molecule has 100 valence electrons. The first-order valence-corrected chi connectivity index (χ1v) is 7.95. The van der Waals surface area contributed by atoms with Gasteiger partial charge in [0.2, 0.25) is 0 Å². The minimum atomic E-state index is 0.905. The van der Waals surface area contributed by atoms with E-state index in [0.717, 1.165) is 24.6 Å². The van der Waals surface area contributed by atoms with Crippen molar-refractivity contribution in [1.29, 1.82) is 0 Å². The van der Waals surface area contributed by atoms with Gasteiger partial charge in [0.1, 0.15) is 5.75 Å². The van der Waals surface area contributed by atoms with Crippen molar-refractivity contribution in [3.63, 3.8) is 0 Å². The van der Waals surface area contributed by atoms with Crippen molar-refractivity contribution in [2.45, 2.75) is 19.3 Å². The number of methoxy groups -OCH3 is 1. The molecule has 0 saturated carbocycles. The first-order valence-electron chi connectivity index (χ1n) is 6.80. The lowest BCUT2D eigenvalue weighted by Crippen LogP contribution is -2.27. The van der Waals surface area contributed by atoms with Crippen LogP contribution in [0.2, 0.25) is 0 Å². The summed E-state index contributed by atoms with van der Waals surface area (Å²) < 4.78 is 5.16. The lowest BCUT2D eigenvalue weighted by atomic mass is 10.0. The molecular weight excluding hydrogens is 242 g/mol. The highest BCUT2D eigenvalue weighted by Gasteiger charge is 2.12. The van der Waals surface area contributed by atoms with Gasteiger partial charge in [-0.25, -0.2) is 0 Å². The molecule has 1 heterocycles. The Hall–Kier alpha value is -0.670. The van der Waals surface area contributed by atoms with Gasteiger partial charge in [-0.1, -0.05) is 12.1 Å². The van der Waals surface area contributed by atoms with E-state index in [0.29, 0.717) is 0 Å².